The summed E-state index contributed by atoms with van der Waals surface area (Å²) in [6.07, 6.45) is 0.0252. The third kappa shape index (κ3) is 3.48. The van der Waals surface area contributed by atoms with Gasteiger partial charge in [0, 0.05) is 17.8 Å². The zero-order valence-corrected chi connectivity index (χ0v) is 11.5. The van der Waals surface area contributed by atoms with Gasteiger partial charge >= 0.3 is 6.09 Å². The molecule has 3 N–H and O–H groups in total. The van der Waals surface area contributed by atoms with Crippen LogP contribution in [-0.2, 0) is 9.53 Å². The first-order valence-electron chi connectivity index (χ1n) is 6.64. The van der Waals surface area contributed by atoms with Crippen molar-refractivity contribution in [2.24, 2.45) is 11.7 Å². The molecule has 6 heteroatoms. The first-order valence-corrected chi connectivity index (χ1v) is 6.64. The van der Waals surface area contributed by atoms with Crippen LogP contribution >= 0.6 is 0 Å². The molecule has 1 heterocycles. The van der Waals surface area contributed by atoms with Crippen molar-refractivity contribution in [3.63, 3.8) is 0 Å². The van der Waals surface area contributed by atoms with Gasteiger partial charge in [0.2, 0.25) is 5.91 Å². The Kier molecular flexibility index (Phi) is 4.57. The third-order valence-corrected chi connectivity index (χ3v) is 3.14. The Labute approximate surface area is 117 Å². The molecule has 0 saturated carbocycles. The molecule has 2 rings (SSSR count). The summed E-state index contributed by atoms with van der Waals surface area (Å²) in [4.78, 5) is 24.8. The van der Waals surface area contributed by atoms with E-state index in [0.717, 1.165) is 5.69 Å². The molecule has 0 spiro atoms. The normalized spacial score (nSPS) is 15.9. The zero-order valence-electron chi connectivity index (χ0n) is 11.5. The fourth-order valence-corrected chi connectivity index (χ4v) is 1.99. The van der Waals surface area contributed by atoms with Crippen LogP contribution in [0.3, 0.4) is 0 Å². The number of benzene rings is 1. The molecule has 0 bridgehead atoms. The number of rotatable bonds is 5. The van der Waals surface area contributed by atoms with Gasteiger partial charge in [0.25, 0.3) is 0 Å². The van der Waals surface area contributed by atoms with E-state index in [1.807, 2.05) is 13.0 Å². The lowest BCUT2D eigenvalue weighted by Crippen LogP contribution is -2.23. The molecule has 0 aliphatic carbocycles. The van der Waals surface area contributed by atoms with Crippen molar-refractivity contribution in [3.8, 4) is 0 Å². The minimum atomic E-state index is -0.356. The molecule has 0 radical (unpaired) electrons. The van der Waals surface area contributed by atoms with Crippen molar-refractivity contribution < 1.29 is 14.3 Å². The lowest BCUT2D eigenvalue weighted by molar-refractivity contribution is -0.116. The number of nitrogens with one attached hydrogen (secondary N) is 1. The Hall–Kier alpha value is -2.08. The van der Waals surface area contributed by atoms with E-state index in [0.29, 0.717) is 31.8 Å². The van der Waals surface area contributed by atoms with Crippen LogP contribution in [0, 0.1) is 5.92 Å². The van der Waals surface area contributed by atoms with Crippen LogP contribution in [0.25, 0.3) is 0 Å². The minimum Gasteiger partial charge on any atom is -0.447 e. The number of anilines is 2. The third-order valence-electron chi connectivity index (χ3n) is 3.14. The van der Waals surface area contributed by atoms with E-state index in [4.69, 9.17) is 10.5 Å². The fourth-order valence-electron chi connectivity index (χ4n) is 1.99. The molecule has 1 atom stereocenters. The molecular formula is C14H19N3O3. The van der Waals surface area contributed by atoms with Gasteiger partial charge in [0.1, 0.15) is 6.61 Å². The number of hydrogen-bond donors (Lipinski definition) is 2. The summed E-state index contributed by atoms with van der Waals surface area (Å²) in [6, 6.07) is 7.15. The predicted molar refractivity (Wildman–Crippen MR) is 76.6 cm³/mol. The van der Waals surface area contributed by atoms with Crippen LogP contribution in [0.2, 0.25) is 0 Å². The van der Waals surface area contributed by atoms with Crippen LogP contribution in [0.15, 0.2) is 24.3 Å². The Morgan fingerprint density at radius 3 is 3.00 bits per heavy atom. The van der Waals surface area contributed by atoms with Crippen LogP contribution in [0.5, 0.6) is 0 Å². The van der Waals surface area contributed by atoms with E-state index in [1.165, 1.54) is 4.90 Å². The van der Waals surface area contributed by atoms with Gasteiger partial charge in [0.05, 0.1) is 6.54 Å². The number of ether oxygens (including phenoxy) is 1. The Morgan fingerprint density at radius 1 is 1.55 bits per heavy atom. The summed E-state index contributed by atoms with van der Waals surface area (Å²) < 4.78 is 4.89. The van der Waals surface area contributed by atoms with Gasteiger partial charge in [0.15, 0.2) is 0 Å². The quantitative estimate of drug-likeness (QED) is 0.855. The summed E-state index contributed by atoms with van der Waals surface area (Å²) in [6.45, 7) is 3.33. The second-order valence-corrected chi connectivity index (χ2v) is 4.91. The van der Waals surface area contributed by atoms with E-state index in [1.54, 1.807) is 18.2 Å². The van der Waals surface area contributed by atoms with Gasteiger partial charge in [-0.05, 0) is 30.7 Å². The maximum Gasteiger partial charge on any atom is 0.414 e. The average molecular weight is 277 g/mol. The van der Waals surface area contributed by atoms with Gasteiger partial charge in [-0.25, -0.2) is 4.79 Å². The highest BCUT2D eigenvalue weighted by Gasteiger charge is 2.23. The van der Waals surface area contributed by atoms with Crippen LogP contribution in [0.1, 0.15) is 13.3 Å². The maximum atomic E-state index is 11.8. The fraction of sp³-hybridized carbons (Fsp3) is 0.429. The molecule has 2 amide bonds. The standard InChI is InChI=1S/C14H19N3O3/c1-10(9-15)7-13(18)16-11-3-2-4-12(8-11)17-5-6-20-14(17)19/h2-4,8,10H,5-7,9,15H2,1H3,(H,16,18). The molecule has 1 aromatic carbocycles. The summed E-state index contributed by atoms with van der Waals surface area (Å²) in [5.41, 5.74) is 6.88. The predicted octanol–water partition coefficient (Wildman–Crippen LogP) is 1.57. The number of carbonyl (C=O) groups excluding carboxylic acids is 2. The van der Waals surface area contributed by atoms with Gasteiger partial charge in [-0.2, -0.15) is 0 Å². The smallest absolute Gasteiger partial charge is 0.414 e. The Bertz CT molecular complexity index is 504. The molecule has 108 valence electrons. The second kappa shape index (κ2) is 6.38. The van der Waals surface area contributed by atoms with Crippen molar-refractivity contribution in [3.05, 3.63) is 24.3 Å². The number of nitrogens with zero attached hydrogens (tertiary/aromatic N) is 1. The van der Waals surface area contributed by atoms with Crippen LogP contribution in [0.4, 0.5) is 16.2 Å². The second-order valence-electron chi connectivity index (χ2n) is 4.91. The first-order chi connectivity index (χ1) is 9.60. The number of amides is 2. The number of nitrogens with two attached hydrogens (primary N) is 1. The van der Waals surface area contributed by atoms with Crippen molar-refractivity contribution in [1.82, 2.24) is 0 Å². The molecule has 1 aliphatic rings. The topological polar surface area (TPSA) is 84.7 Å². The van der Waals surface area contributed by atoms with E-state index < -0.39 is 0 Å². The van der Waals surface area contributed by atoms with Crippen LogP contribution in [-0.4, -0.2) is 31.7 Å². The lowest BCUT2D eigenvalue weighted by Gasteiger charge is -2.14. The van der Waals surface area contributed by atoms with E-state index in [-0.39, 0.29) is 17.9 Å². The highest BCUT2D eigenvalue weighted by molar-refractivity contribution is 5.93. The molecule has 6 nitrogen and oxygen atoms in total. The first kappa shape index (κ1) is 14.3. The molecule has 0 aromatic heterocycles. The van der Waals surface area contributed by atoms with Gasteiger partial charge < -0.3 is 15.8 Å². The van der Waals surface area contributed by atoms with Crippen molar-refractivity contribution in [2.75, 3.05) is 29.9 Å². The highest BCUT2D eigenvalue weighted by Crippen LogP contribution is 2.22. The summed E-state index contributed by atoms with van der Waals surface area (Å²) >= 11 is 0. The van der Waals surface area contributed by atoms with Crippen molar-refractivity contribution >= 4 is 23.4 Å². The Morgan fingerprint density at radius 2 is 2.35 bits per heavy atom. The van der Waals surface area contributed by atoms with E-state index >= 15 is 0 Å². The van der Waals surface area contributed by atoms with Gasteiger partial charge in [-0.1, -0.05) is 13.0 Å². The number of carbonyl (C=O) groups is 2. The largest absolute Gasteiger partial charge is 0.447 e. The Balaban J connectivity index is 2.02. The molecular weight excluding hydrogens is 258 g/mol. The minimum absolute atomic E-state index is 0.0795. The number of cyclic esters (lactones) is 1. The molecule has 20 heavy (non-hydrogen) atoms. The van der Waals surface area contributed by atoms with E-state index in [9.17, 15) is 9.59 Å². The number of hydrogen-bond acceptors (Lipinski definition) is 4. The maximum absolute atomic E-state index is 11.8. The van der Waals surface area contributed by atoms with E-state index in [2.05, 4.69) is 5.32 Å². The lowest BCUT2D eigenvalue weighted by atomic mass is 10.1. The van der Waals surface area contributed by atoms with Crippen LogP contribution < -0.4 is 16.0 Å². The monoisotopic (exact) mass is 277 g/mol. The molecule has 1 aromatic rings. The van der Waals surface area contributed by atoms with Crippen molar-refractivity contribution in [2.45, 2.75) is 13.3 Å². The SMILES string of the molecule is CC(CN)CC(=O)Nc1cccc(N2CCOC2=O)c1. The van der Waals surface area contributed by atoms with Gasteiger partial charge in [-0.15, -0.1) is 0 Å². The highest BCUT2D eigenvalue weighted by atomic mass is 16.6. The molecule has 1 aliphatic heterocycles. The average Bonchev–Trinajstić information content (AvgIpc) is 2.85. The summed E-state index contributed by atoms with van der Waals surface area (Å²) in [5, 5.41) is 2.81. The summed E-state index contributed by atoms with van der Waals surface area (Å²) in [5.74, 6) is 0.0656. The molecule has 1 unspecified atom stereocenters. The summed E-state index contributed by atoms with van der Waals surface area (Å²) in [7, 11) is 0. The zero-order chi connectivity index (χ0) is 14.5. The van der Waals surface area contributed by atoms with Crippen molar-refractivity contribution in [1.29, 1.82) is 0 Å². The molecule has 1 fully saturated rings. The molecule has 1 saturated heterocycles. The van der Waals surface area contributed by atoms with Gasteiger partial charge in [-0.3, -0.25) is 9.69 Å².